The molecule has 1 radical (unpaired) electrons. The Morgan fingerprint density at radius 1 is 1.50 bits per heavy atom. The van der Waals surface area contributed by atoms with Gasteiger partial charge in [-0.25, -0.2) is 0 Å². The van der Waals surface area contributed by atoms with Crippen LogP contribution in [0.25, 0.3) is 0 Å². The number of hydrogen-bond donors (Lipinski definition) is 1. The summed E-state index contributed by atoms with van der Waals surface area (Å²) in [7, 11) is 6.59. The zero-order valence-corrected chi connectivity index (χ0v) is 5.31. The first-order chi connectivity index (χ1) is 3.85. The second-order valence-corrected chi connectivity index (χ2v) is 1.36. The minimum Gasteiger partial charge on any atom is -0.355 e. The summed E-state index contributed by atoms with van der Waals surface area (Å²) >= 11 is 0. The number of methoxy groups -OCH3 is 2. The normalized spacial score (nSPS) is 10.5. The first-order valence-corrected chi connectivity index (χ1v) is 2.40. The molecule has 0 bridgehead atoms. The Kier molecular flexibility index (Phi) is 4.95. The van der Waals surface area contributed by atoms with Gasteiger partial charge in [0, 0.05) is 27.8 Å². The van der Waals surface area contributed by atoms with E-state index in [-0.39, 0.29) is 6.29 Å². The highest BCUT2D eigenvalue weighted by atomic mass is 16.7. The molecular formula is C5H12NO2. The largest absolute Gasteiger partial charge is 0.355 e. The van der Waals surface area contributed by atoms with Gasteiger partial charge in [0.1, 0.15) is 0 Å². The van der Waals surface area contributed by atoms with Crippen molar-refractivity contribution >= 4 is 0 Å². The Morgan fingerprint density at radius 2 is 2.00 bits per heavy atom. The molecule has 0 aliphatic heterocycles. The zero-order valence-electron chi connectivity index (χ0n) is 5.31. The van der Waals surface area contributed by atoms with E-state index in [0.717, 1.165) is 0 Å². The van der Waals surface area contributed by atoms with Gasteiger partial charge in [0.2, 0.25) is 0 Å². The fourth-order valence-corrected chi connectivity index (χ4v) is 0.381. The summed E-state index contributed by atoms with van der Waals surface area (Å²) in [4.78, 5) is 0. The van der Waals surface area contributed by atoms with E-state index in [1.165, 1.54) is 0 Å². The zero-order chi connectivity index (χ0) is 6.41. The van der Waals surface area contributed by atoms with Gasteiger partial charge in [0.15, 0.2) is 6.29 Å². The lowest BCUT2D eigenvalue weighted by Gasteiger charge is -2.10. The van der Waals surface area contributed by atoms with Crippen LogP contribution >= 0.6 is 0 Å². The lowest BCUT2D eigenvalue weighted by molar-refractivity contribution is -0.0973. The van der Waals surface area contributed by atoms with Gasteiger partial charge in [-0.3, -0.25) is 0 Å². The predicted molar refractivity (Wildman–Crippen MR) is 31.2 cm³/mol. The van der Waals surface area contributed by atoms with Crippen LogP contribution < -0.4 is 5.32 Å². The molecular weight excluding hydrogens is 106 g/mol. The summed E-state index contributed by atoms with van der Waals surface area (Å²) < 4.78 is 9.63. The quantitative estimate of drug-likeness (QED) is 0.526. The van der Waals surface area contributed by atoms with Crippen molar-refractivity contribution in [2.24, 2.45) is 0 Å². The second-order valence-electron chi connectivity index (χ2n) is 1.36. The maximum absolute atomic E-state index is 4.82. The molecule has 0 aromatic rings. The fourth-order valence-electron chi connectivity index (χ4n) is 0.381. The molecule has 0 aliphatic rings. The standard InChI is InChI=1S/C5H12NO2/c1-6-4-5(7-2)8-3/h5-6H,1,4H2,2-3H3. The van der Waals surface area contributed by atoms with Crippen molar-refractivity contribution in [3.05, 3.63) is 7.05 Å². The highest BCUT2D eigenvalue weighted by Crippen LogP contribution is 1.85. The minimum atomic E-state index is -0.174. The Morgan fingerprint density at radius 3 is 2.12 bits per heavy atom. The third-order valence-electron chi connectivity index (χ3n) is 0.837. The molecule has 0 rings (SSSR count). The van der Waals surface area contributed by atoms with Gasteiger partial charge in [-0.1, -0.05) is 0 Å². The second kappa shape index (κ2) is 5.03. The summed E-state index contributed by atoms with van der Waals surface area (Å²) in [5.41, 5.74) is 0. The molecule has 0 aromatic carbocycles. The third-order valence-corrected chi connectivity index (χ3v) is 0.837. The lowest BCUT2D eigenvalue weighted by Crippen LogP contribution is -2.25. The molecule has 1 N–H and O–H groups in total. The van der Waals surface area contributed by atoms with E-state index in [0.29, 0.717) is 6.54 Å². The van der Waals surface area contributed by atoms with Crippen LogP contribution in [-0.4, -0.2) is 27.1 Å². The van der Waals surface area contributed by atoms with Gasteiger partial charge < -0.3 is 14.8 Å². The van der Waals surface area contributed by atoms with Crippen molar-refractivity contribution in [1.29, 1.82) is 0 Å². The number of ether oxygens (including phenoxy) is 2. The van der Waals surface area contributed by atoms with Crippen LogP contribution in [0.5, 0.6) is 0 Å². The van der Waals surface area contributed by atoms with E-state index in [9.17, 15) is 0 Å². The van der Waals surface area contributed by atoms with Crippen LogP contribution in [0, 0.1) is 7.05 Å². The van der Waals surface area contributed by atoms with E-state index in [1.807, 2.05) is 0 Å². The van der Waals surface area contributed by atoms with E-state index in [4.69, 9.17) is 9.47 Å². The van der Waals surface area contributed by atoms with Crippen molar-refractivity contribution in [2.75, 3.05) is 20.8 Å². The molecule has 0 atom stereocenters. The minimum absolute atomic E-state index is 0.174. The smallest absolute Gasteiger partial charge is 0.169 e. The van der Waals surface area contributed by atoms with Gasteiger partial charge in [-0.05, 0) is 0 Å². The Hall–Kier alpha value is -0.120. The highest BCUT2D eigenvalue weighted by Gasteiger charge is 1.99. The van der Waals surface area contributed by atoms with Crippen molar-refractivity contribution in [2.45, 2.75) is 6.29 Å². The van der Waals surface area contributed by atoms with Crippen molar-refractivity contribution in [3.8, 4) is 0 Å². The van der Waals surface area contributed by atoms with Crippen LogP contribution in [0.3, 0.4) is 0 Å². The molecule has 0 aromatic heterocycles. The van der Waals surface area contributed by atoms with Gasteiger partial charge in [-0.15, -0.1) is 0 Å². The molecule has 49 valence electrons. The maximum Gasteiger partial charge on any atom is 0.169 e. The van der Waals surface area contributed by atoms with Gasteiger partial charge in [0.25, 0.3) is 0 Å². The molecule has 0 unspecified atom stereocenters. The lowest BCUT2D eigenvalue weighted by atomic mass is 10.6. The highest BCUT2D eigenvalue weighted by molar-refractivity contribution is 4.45. The molecule has 0 saturated carbocycles. The van der Waals surface area contributed by atoms with Crippen molar-refractivity contribution in [3.63, 3.8) is 0 Å². The van der Waals surface area contributed by atoms with Gasteiger partial charge in [-0.2, -0.15) is 0 Å². The number of rotatable bonds is 4. The first-order valence-electron chi connectivity index (χ1n) is 2.40. The molecule has 0 fully saturated rings. The number of hydrogen-bond acceptors (Lipinski definition) is 3. The summed E-state index contributed by atoms with van der Waals surface area (Å²) in [6, 6.07) is 0. The van der Waals surface area contributed by atoms with Crippen LogP contribution in [0.2, 0.25) is 0 Å². The van der Waals surface area contributed by atoms with Crippen molar-refractivity contribution < 1.29 is 9.47 Å². The van der Waals surface area contributed by atoms with E-state index in [1.54, 1.807) is 14.2 Å². The Labute approximate surface area is 50.0 Å². The van der Waals surface area contributed by atoms with Crippen LogP contribution in [0.1, 0.15) is 0 Å². The van der Waals surface area contributed by atoms with Crippen molar-refractivity contribution in [1.82, 2.24) is 5.32 Å². The molecule has 3 nitrogen and oxygen atoms in total. The predicted octanol–water partition coefficient (Wildman–Crippen LogP) is -0.0135. The van der Waals surface area contributed by atoms with Crippen LogP contribution in [0.4, 0.5) is 0 Å². The van der Waals surface area contributed by atoms with E-state index >= 15 is 0 Å². The van der Waals surface area contributed by atoms with E-state index < -0.39 is 0 Å². The molecule has 8 heavy (non-hydrogen) atoms. The Balaban J connectivity index is 3.07. The molecule has 0 saturated heterocycles. The number of nitrogens with one attached hydrogen (secondary N) is 1. The topological polar surface area (TPSA) is 30.5 Å². The van der Waals surface area contributed by atoms with E-state index in [2.05, 4.69) is 12.4 Å². The average molecular weight is 118 g/mol. The fraction of sp³-hybridized carbons (Fsp3) is 0.800. The SMILES string of the molecule is [CH2]NCC(OC)OC. The summed E-state index contributed by atoms with van der Waals surface area (Å²) in [5, 5.41) is 2.67. The third kappa shape index (κ3) is 2.96. The Bertz CT molecular complexity index is 45.7. The monoisotopic (exact) mass is 118 g/mol. The molecule has 0 amide bonds. The molecule has 3 heteroatoms. The van der Waals surface area contributed by atoms with Crippen LogP contribution in [0.15, 0.2) is 0 Å². The molecule has 0 aliphatic carbocycles. The maximum atomic E-state index is 4.82. The van der Waals surface area contributed by atoms with Gasteiger partial charge in [0.05, 0.1) is 0 Å². The van der Waals surface area contributed by atoms with Crippen LogP contribution in [-0.2, 0) is 9.47 Å². The average Bonchev–Trinajstić information content (AvgIpc) is 1.83. The molecule has 0 spiro atoms. The summed E-state index contributed by atoms with van der Waals surface area (Å²) in [5.74, 6) is 0. The summed E-state index contributed by atoms with van der Waals surface area (Å²) in [6.45, 7) is 0.618. The molecule has 0 heterocycles. The summed E-state index contributed by atoms with van der Waals surface area (Å²) in [6.07, 6.45) is -0.174. The van der Waals surface area contributed by atoms with Gasteiger partial charge >= 0.3 is 0 Å². The first kappa shape index (κ1) is 7.88.